The first-order valence-electron chi connectivity index (χ1n) is 9.39. The number of nitrogens with one attached hydrogen (secondary N) is 1. The van der Waals surface area contributed by atoms with Crippen molar-refractivity contribution in [3.05, 3.63) is 70.0 Å². The van der Waals surface area contributed by atoms with E-state index in [1.54, 1.807) is 30.3 Å². The summed E-state index contributed by atoms with van der Waals surface area (Å²) in [5.41, 5.74) is 0.546. The Kier molecular flexibility index (Phi) is 7.75. The lowest BCUT2D eigenvalue weighted by Crippen LogP contribution is -2.13. The fourth-order valence-corrected chi connectivity index (χ4v) is 4.32. The summed E-state index contributed by atoms with van der Waals surface area (Å²) in [6, 6.07) is 12.6. The van der Waals surface area contributed by atoms with Crippen LogP contribution in [0.25, 0.3) is 6.08 Å². The standard InChI is InChI=1S/C21H16ClFN4O4S2/c1-2-33(29,30)21-26-20(32-27-21)25-19(28)15(11-24)9-13-7-8-18(16(22)10-13)31-12-14-5-3-4-6-17(14)23/h3-10H,2,12H2,1H3,(H,25,26,27,28)/b15-9-. The maximum Gasteiger partial charge on any atom is 0.268 e. The molecule has 1 heterocycles. The molecule has 0 saturated heterocycles. The van der Waals surface area contributed by atoms with Crippen molar-refractivity contribution >= 4 is 50.1 Å². The zero-order chi connectivity index (χ0) is 24.0. The first-order chi connectivity index (χ1) is 15.7. The number of carbonyl (C=O) groups excluding carboxylic acids is 1. The van der Waals surface area contributed by atoms with Gasteiger partial charge in [-0.1, -0.05) is 42.8 Å². The van der Waals surface area contributed by atoms with Gasteiger partial charge in [0.1, 0.15) is 29.8 Å². The van der Waals surface area contributed by atoms with Gasteiger partial charge in [-0.05, 0) is 29.8 Å². The van der Waals surface area contributed by atoms with E-state index >= 15 is 0 Å². The van der Waals surface area contributed by atoms with Gasteiger partial charge in [0, 0.05) is 17.1 Å². The molecule has 0 spiro atoms. The van der Waals surface area contributed by atoms with E-state index in [1.807, 2.05) is 0 Å². The molecule has 0 aliphatic carbocycles. The number of ether oxygens (including phenoxy) is 1. The third kappa shape index (κ3) is 6.13. The van der Waals surface area contributed by atoms with Crippen molar-refractivity contribution in [1.82, 2.24) is 9.36 Å². The molecule has 1 N–H and O–H groups in total. The van der Waals surface area contributed by atoms with Gasteiger partial charge in [0.25, 0.3) is 11.1 Å². The minimum atomic E-state index is -3.61. The second-order valence-corrected chi connectivity index (χ2v) is 9.81. The van der Waals surface area contributed by atoms with Crippen molar-refractivity contribution in [1.29, 1.82) is 5.26 Å². The number of anilines is 1. The second kappa shape index (κ2) is 10.5. The summed E-state index contributed by atoms with van der Waals surface area (Å²) in [6.07, 6.45) is 1.30. The molecule has 0 fully saturated rings. The lowest BCUT2D eigenvalue weighted by Gasteiger charge is -2.09. The van der Waals surface area contributed by atoms with Crippen molar-refractivity contribution in [2.45, 2.75) is 18.7 Å². The van der Waals surface area contributed by atoms with Crippen LogP contribution in [0.4, 0.5) is 9.52 Å². The highest BCUT2D eigenvalue weighted by molar-refractivity contribution is 7.91. The number of halogens is 2. The average molecular weight is 507 g/mol. The van der Waals surface area contributed by atoms with Crippen LogP contribution in [0, 0.1) is 17.1 Å². The maximum atomic E-state index is 13.7. The monoisotopic (exact) mass is 506 g/mol. The SMILES string of the molecule is CCS(=O)(=O)c1nsc(NC(=O)/C(C#N)=C\c2ccc(OCc3ccccc3F)c(Cl)c2)n1. The number of benzene rings is 2. The van der Waals surface area contributed by atoms with Crippen LogP contribution in [-0.2, 0) is 21.2 Å². The lowest BCUT2D eigenvalue weighted by molar-refractivity contribution is -0.112. The summed E-state index contributed by atoms with van der Waals surface area (Å²) in [5.74, 6) is -1.06. The largest absolute Gasteiger partial charge is 0.487 e. The average Bonchev–Trinajstić information content (AvgIpc) is 3.27. The molecule has 1 amide bonds. The van der Waals surface area contributed by atoms with E-state index in [9.17, 15) is 22.9 Å². The Morgan fingerprint density at radius 3 is 2.76 bits per heavy atom. The fraction of sp³-hybridized carbons (Fsp3) is 0.143. The summed E-state index contributed by atoms with van der Waals surface area (Å²) in [4.78, 5) is 16.2. The van der Waals surface area contributed by atoms with Gasteiger partial charge in [0.15, 0.2) is 0 Å². The molecule has 3 rings (SSSR count). The highest BCUT2D eigenvalue weighted by Gasteiger charge is 2.20. The van der Waals surface area contributed by atoms with Crippen LogP contribution in [0.5, 0.6) is 5.75 Å². The van der Waals surface area contributed by atoms with Crippen LogP contribution in [0.1, 0.15) is 18.1 Å². The zero-order valence-corrected chi connectivity index (χ0v) is 19.5. The molecule has 33 heavy (non-hydrogen) atoms. The molecule has 170 valence electrons. The predicted molar refractivity (Wildman–Crippen MR) is 122 cm³/mol. The molecule has 0 aliphatic heterocycles. The third-order valence-corrected chi connectivity index (χ3v) is 6.80. The van der Waals surface area contributed by atoms with E-state index in [-0.39, 0.29) is 33.2 Å². The number of nitriles is 1. The van der Waals surface area contributed by atoms with Crippen molar-refractivity contribution in [3.8, 4) is 11.8 Å². The highest BCUT2D eigenvalue weighted by atomic mass is 35.5. The molecule has 0 aliphatic rings. The van der Waals surface area contributed by atoms with Gasteiger partial charge < -0.3 is 4.74 Å². The Morgan fingerprint density at radius 2 is 2.09 bits per heavy atom. The minimum absolute atomic E-state index is 0.0228. The number of rotatable bonds is 8. The Morgan fingerprint density at radius 1 is 1.33 bits per heavy atom. The van der Waals surface area contributed by atoms with Gasteiger partial charge in [0.2, 0.25) is 15.0 Å². The van der Waals surface area contributed by atoms with E-state index in [2.05, 4.69) is 14.7 Å². The van der Waals surface area contributed by atoms with E-state index in [1.165, 1.54) is 31.2 Å². The topological polar surface area (TPSA) is 122 Å². The Labute approximate surface area is 198 Å². The fourth-order valence-electron chi connectivity index (χ4n) is 2.49. The number of nitrogens with zero attached hydrogens (tertiary/aromatic N) is 3. The smallest absolute Gasteiger partial charge is 0.268 e. The van der Waals surface area contributed by atoms with Crippen LogP contribution in [0.2, 0.25) is 5.02 Å². The van der Waals surface area contributed by atoms with E-state index in [0.717, 1.165) is 0 Å². The summed E-state index contributed by atoms with van der Waals surface area (Å²) in [7, 11) is -3.61. The normalized spacial score (nSPS) is 11.6. The molecule has 0 atom stereocenters. The van der Waals surface area contributed by atoms with Crippen molar-refractivity contribution < 1.29 is 22.3 Å². The number of sulfone groups is 1. The number of hydrogen-bond donors (Lipinski definition) is 1. The number of hydrogen-bond acceptors (Lipinski definition) is 8. The zero-order valence-electron chi connectivity index (χ0n) is 17.1. The van der Waals surface area contributed by atoms with Gasteiger partial charge in [0.05, 0.1) is 10.8 Å². The molecular formula is C21H16ClFN4O4S2. The molecular weight excluding hydrogens is 491 g/mol. The number of amides is 1. The summed E-state index contributed by atoms with van der Waals surface area (Å²) >= 11 is 6.92. The first-order valence-corrected chi connectivity index (χ1v) is 12.2. The summed E-state index contributed by atoms with van der Waals surface area (Å²) < 4.78 is 46.6. The molecule has 12 heteroatoms. The number of aromatic nitrogens is 2. The maximum absolute atomic E-state index is 13.7. The summed E-state index contributed by atoms with van der Waals surface area (Å²) in [5, 5.41) is 11.5. The van der Waals surface area contributed by atoms with E-state index in [4.69, 9.17) is 16.3 Å². The van der Waals surface area contributed by atoms with Gasteiger partial charge in [-0.15, -0.1) is 0 Å². The van der Waals surface area contributed by atoms with E-state index in [0.29, 0.717) is 28.4 Å². The molecule has 2 aromatic carbocycles. The molecule has 0 bridgehead atoms. The van der Waals surface area contributed by atoms with Crippen LogP contribution in [-0.4, -0.2) is 29.4 Å². The van der Waals surface area contributed by atoms with Crippen LogP contribution in [0.3, 0.4) is 0 Å². The summed E-state index contributed by atoms with van der Waals surface area (Å²) in [6.45, 7) is 1.43. The van der Waals surface area contributed by atoms with Crippen LogP contribution in [0.15, 0.2) is 53.2 Å². The minimum Gasteiger partial charge on any atom is -0.487 e. The molecule has 0 saturated carbocycles. The van der Waals surface area contributed by atoms with Crippen LogP contribution < -0.4 is 10.1 Å². The van der Waals surface area contributed by atoms with Crippen molar-refractivity contribution in [2.24, 2.45) is 0 Å². The quantitative estimate of drug-likeness (QED) is 0.358. The molecule has 1 aromatic heterocycles. The molecule has 3 aromatic rings. The van der Waals surface area contributed by atoms with Crippen molar-refractivity contribution in [2.75, 3.05) is 11.1 Å². The molecule has 0 unspecified atom stereocenters. The molecule has 0 radical (unpaired) electrons. The van der Waals surface area contributed by atoms with Crippen LogP contribution >= 0.6 is 23.1 Å². The molecule has 8 nitrogen and oxygen atoms in total. The van der Waals surface area contributed by atoms with Crippen molar-refractivity contribution in [3.63, 3.8) is 0 Å². The van der Waals surface area contributed by atoms with Gasteiger partial charge in [-0.2, -0.15) is 14.6 Å². The van der Waals surface area contributed by atoms with Gasteiger partial charge in [-0.25, -0.2) is 12.8 Å². The Balaban J connectivity index is 1.71. The van der Waals surface area contributed by atoms with E-state index < -0.39 is 21.6 Å². The Hall–Kier alpha value is -3.33. The van der Waals surface area contributed by atoms with Gasteiger partial charge >= 0.3 is 0 Å². The van der Waals surface area contributed by atoms with Gasteiger partial charge in [-0.3, -0.25) is 10.1 Å². The lowest BCUT2D eigenvalue weighted by atomic mass is 10.1. The first kappa shape index (κ1) is 24.3. The highest BCUT2D eigenvalue weighted by Crippen LogP contribution is 2.28. The second-order valence-electron chi connectivity index (χ2n) is 6.48. The number of carbonyl (C=O) groups is 1. The predicted octanol–water partition coefficient (Wildman–Crippen LogP) is 4.25. The third-order valence-electron chi connectivity index (χ3n) is 4.26. The Bertz CT molecular complexity index is 1370.